The molecule has 0 aliphatic heterocycles. The number of hydrogen-bond acceptors (Lipinski definition) is 3. The number of thiophene rings is 1. The van der Waals surface area contributed by atoms with Crippen LogP contribution in [0.4, 0.5) is 0 Å². The quantitative estimate of drug-likeness (QED) is 0.744. The Morgan fingerprint density at radius 2 is 1.42 bits per heavy atom. The molecule has 0 bridgehead atoms. The zero-order chi connectivity index (χ0) is 8.43. The Labute approximate surface area is 82.3 Å². The molecule has 0 saturated heterocycles. The summed E-state index contributed by atoms with van der Waals surface area (Å²) in [6, 6.07) is 2.55. The van der Waals surface area contributed by atoms with Gasteiger partial charge in [-0.2, -0.15) is 0 Å². The Morgan fingerprint density at radius 1 is 1.08 bits per heavy atom. The number of rotatable bonds is 2. The molecule has 12 heavy (non-hydrogen) atoms. The van der Waals surface area contributed by atoms with Gasteiger partial charge in [0.05, 0.1) is 0 Å². The monoisotopic (exact) mass is 228 g/mol. The summed E-state index contributed by atoms with van der Waals surface area (Å²) in [6.07, 6.45) is 0. The molecule has 0 radical (unpaired) electrons. The standard InChI is InChI=1S/C6H4O4S.Fe/c7-5(8)3-1-2-4(11-3)6(9)10;/h1-2H,(H,7,8)(H,9,10);. The van der Waals surface area contributed by atoms with Gasteiger partial charge in [0.25, 0.3) is 0 Å². The van der Waals surface area contributed by atoms with E-state index in [9.17, 15) is 9.59 Å². The number of carboxylic acid groups (broad SMARTS) is 2. The molecule has 1 rings (SSSR count). The van der Waals surface area contributed by atoms with E-state index in [-0.39, 0.29) is 26.8 Å². The first-order valence-electron chi connectivity index (χ1n) is 2.67. The van der Waals surface area contributed by atoms with Gasteiger partial charge in [-0.25, -0.2) is 9.59 Å². The summed E-state index contributed by atoms with van der Waals surface area (Å²) >= 11 is 0.750. The first kappa shape index (κ1) is 11.2. The van der Waals surface area contributed by atoms with Gasteiger partial charge in [-0.3, -0.25) is 0 Å². The summed E-state index contributed by atoms with van der Waals surface area (Å²) in [5.74, 6) is -2.19. The SMILES string of the molecule is O=C(O)c1ccc(C(=O)O)s1.[Fe]. The third-order valence-corrected chi connectivity index (χ3v) is 2.09. The van der Waals surface area contributed by atoms with Crippen molar-refractivity contribution in [2.24, 2.45) is 0 Å². The van der Waals surface area contributed by atoms with Gasteiger partial charge in [-0.1, -0.05) is 0 Å². The zero-order valence-electron chi connectivity index (χ0n) is 5.63. The molecule has 0 amide bonds. The maximum Gasteiger partial charge on any atom is 0.345 e. The Bertz CT molecular complexity index is 278. The molecule has 6 heteroatoms. The first-order valence-corrected chi connectivity index (χ1v) is 3.49. The van der Waals surface area contributed by atoms with Gasteiger partial charge in [0, 0.05) is 17.1 Å². The van der Waals surface area contributed by atoms with Crippen LogP contribution < -0.4 is 0 Å². The molecular formula is C6H4FeO4S. The molecule has 66 valence electrons. The van der Waals surface area contributed by atoms with Gasteiger partial charge in [-0.05, 0) is 12.1 Å². The summed E-state index contributed by atoms with van der Waals surface area (Å²) in [6.45, 7) is 0. The molecule has 0 aliphatic rings. The topological polar surface area (TPSA) is 74.6 Å². The number of hydrogen-bond donors (Lipinski definition) is 2. The van der Waals surface area contributed by atoms with Gasteiger partial charge in [0.15, 0.2) is 0 Å². The fraction of sp³-hybridized carbons (Fsp3) is 0. The summed E-state index contributed by atoms with van der Waals surface area (Å²) in [4.78, 5) is 20.6. The number of aromatic carboxylic acids is 2. The van der Waals surface area contributed by atoms with Crippen molar-refractivity contribution in [2.45, 2.75) is 0 Å². The molecule has 2 N–H and O–H groups in total. The normalized spacial score (nSPS) is 8.67. The predicted octanol–water partition coefficient (Wildman–Crippen LogP) is 1.14. The summed E-state index contributed by atoms with van der Waals surface area (Å²) in [5.41, 5.74) is 0. The van der Waals surface area contributed by atoms with Gasteiger partial charge >= 0.3 is 11.9 Å². The van der Waals surface area contributed by atoms with Gasteiger partial charge in [0.1, 0.15) is 9.75 Å². The van der Waals surface area contributed by atoms with Crippen LogP contribution in [-0.2, 0) is 17.1 Å². The maximum atomic E-state index is 10.3. The largest absolute Gasteiger partial charge is 0.477 e. The van der Waals surface area contributed by atoms with E-state index in [1.807, 2.05) is 0 Å². The maximum absolute atomic E-state index is 10.3. The predicted molar refractivity (Wildman–Crippen MR) is 38.2 cm³/mol. The molecule has 1 heterocycles. The molecule has 1 aromatic rings. The van der Waals surface area contributed by atoms with Crippen molar-refractivity contribution in [1.82, 2.24) is 0 Å². The van der Waals surface area contributed by atoms with Crippen molar-refractivity contribution in [3.63, 3.8) is 0 Å². The molecule has 0 fully saturated rings. The van der Waals surface area contributed by atoms with E-state index in [2.05, 4.69) is 0 Å². The van der Waals surface area contributed by atoms with Crippen molar-refractivity contribution < 1.29 is 36.9 Å². The smallest absolute Gasteiger partial charge is 0.345 e. The van der Waals surface area contributed by atoms with Crippen LogP contribution in [0.15, 0.2) is 12.1 Å². The Hall–Kier alpha value is -0.841. The summed E-state index contributed by atoms with van der Waals surface area (Å²) in [7, 11) is 0. The van der Waals surface area contributed by atoms with Crippen molar-refractivity contribution in [3.8, 4) is 0 Å². The third-order valence-electron chi connectivity index (χ3n) is 1.03. The minimum absolute atomic E-state index is 0. The summed E-state index contributed by atoms with van der Waals surface area (Å²) < 4.78 is 0. The minimum atomic E-state index is -1.09. The second kappa shape index (κ2) is 4.25. The van der Waals surface area contributed by atoms with E-state index in [1.54, 1.807) is 0 Å². The van der Waals surface area contributed by atoms with E-state index in [4.69, 9.17) is 10.2 Å². The molecule has 0 atom stereocenters. The van der Waals surface area contributed by atoms with Crippen LogP contribution in [0.2, 0.25) is 0 Å². The number of carbonyl (C=O) groups is 2. The van der Waals surface area contributed by atoms with E-state index < -0.39 is 11.9 Å². The minimum Gasteiger partial charge on any atom is -0.477 e. The van der Waals surface area contributed by atoms with Crippen LogP contribution in [-0.4, -0.2) is 22.2 Å². The van der Waals surface area contributed by atoms with Crippen LogP contribution in [0.5, 0.6) is 0 Å². The molecule has 0 aliphatic carbocycles. The van der Waals surface area contributed by atoms with Gasteiger partial charge in [-0.15, -0.1) is 11.3 Å². The van der Waals surface area contributed by atoms with Crippen LogP contribution in [0.3, 0.4) is 0 Å². The molecule has 1 aromatic heterocycles. The second-order valence-electron chi connectivity index (χ2n) is 1.77. The van der Waals surface area contributed by atoms with Gasteiger partial charge < -0.3 is 10.2 Å². The Balaban J connectivity index is 0.00000121. The zero-order valence-corrected chi connectivity index (χ0v) is 7.55. The molecule has 0 aromatic carbocycles. The van der Waals surface area contributed by atoms with E-state index in [0.717, 1.165) is 11.3 Å². The van der Waals surface area contributed by atoms with E-state index >= 15 is 0 Å². The average Bonchev–Trinajstić information content (AvgIpc) is 2.33. The number of carboxylic acids is 2. The van der Waals surface area contributed by atoms with Crippen LogP contribution in [0.1, 0.15) is 19.3 Å². The molecular weight excluding hydrogens is 224 g/mol. The fourth-order valence-electron chi connectivity index (χ4n) is 0.568. The van der Waals surface area contributed by atoms with Crippen molar-refractivity contribution in [3.05, 3.63) is 21.9 Å². The Kier molecular flexibility index (Phi) is 3.95. The van der Waals surface area contributed by atoms with Crippen LogP contribution >= 0.6 is 11.3 Å². The molecule has 0 spiro atoms. The first-order chi connectivity index (χ1) is 5.11. The van der Waals surface area contributed by atoms with Crippen LogP contribution in [0, 0.1) is 0 Å². The fourth-order valence-corrected chi connectivity index (χ4v) is 1.25. The third kappa shape index (κ3) is 2.34. The Morgan fingerprint density at radius 3 is 1.58 bits per heavy atom. The van der Waals surface area contributed by atoms with Crippen LogP contribution in [0.25, 0.3) is 0 Å². The average molecular weight is 228 g/mol. The van der Waals surface area contributed by atoms with E-state index in [0.29, 0.717) is 0 Å². The van der Waals surface area contributed by atoms with E-state index in [1.165, 1.54) is 12.1 Å². The molecule has 0 saturated carbocycles. The summed E-state index contributed by atoms with van der Waals surface area (Å²) in [5, 5.41) is 16.8. The van der Waals surface area contributed by atoms with Crippen molar-refractivity contribution in [2.75, 3.05) is 0 Å². The van der Waals surface area contributed by atoms with Gasteiger partial charge in [0.2, 0.25) is 0 Å². The molecule has 0 unspecified atom stereocenters. The second-order valence-corrected chi connectivity index (χ2v) is 2.86. The van der Waals surface area contributed by atoms with Crippen molar-refractivity contribution in [1.29, 1.82) is 0 Å². The molecule has 4 nitrogen and oxygen atoms in total. The van der Waals surface area contributed by atoms with Crippen molar-refractivity contribution >= 4 is 23.3 Å².